The third-order valence-electron chi connectivity index (χ3n) is 3.65. The Bertz CT molecular complexity index is 933. The molecule has 3 rings (SSSR count). The number of halogens is 2. The van der Waals surface area contributed by atoms with E-state index in [1.165, 1.54) is 6.92 Å². The van der Waals surface area contributed by atoms with E-state index in [2.05, 4.69) is 31.9 Å². The van der Waals surface area contributed by atoms with Gasteiger partial charge in [0.15, 0.2) is 5.75 Å². The van der Waals surface area contributed by atoms with Gasteiger partial charge in [0.25, 0.3) is 0 Å². The average molecular weight is 478 g/mol. The fraction of sp³-hybridized carbons (Fsp3) is 0.100. The Balaban J connectivity index is 1.93. The normalized spacial score (nSPS) is 15.0. The van der Waals surface area contributed by atoms with E-state index >= 15 is 0 Å². The Morgan fingerprint density at radius 2 is 1.73 bits per heavy atom. The molecular weight excluding hydrogens is 464 g/mol. The second-order valence-corrected chi connectivity index (χ2v) is 7.48. The van der Waals surface area contributed by atoms with E-state index in [1.54, 1.807) is 24.3 Å². The van der Waals surface area contributed by atoms with Gasteiger partial charge in [-0.05, 0) is 68.6 Å². The molecule has 0 bridgehead atoms. The summed E-state index contributed by atoms with van der Waals surface area (Å²) in [5.74, 6) is 0.0971. The highest BCUT2D eigenvalue weighted by molar-refractivity contribution is 9.11. The molecule has 0 aromatic heterocycles. The van der Waals surface area contributed by atoms with Crippen molar-refractivity contribution in [1.82, 2.24) is 0 Å². The number of hydrogen-bond donors (Lipinski definition) is 0. The van der Waals surface area contributed by atoms with E-state index in [4.69, 9.17) is 9.47 Å². The van der Waals surface area contributed by atoms with Gasteiger partial charge in [-0.2, -0.15) is 0 Å². The second-order valence-electron chi connectivity index (χ2n) is 5.77. The molecule has 0 saturated carbocycles. The van der Waals surface area contributed by atoms with Crippen molar-refractivity contribution in [3.8, 4) is 5.75 Å². The standard InChI is InChI=1S/C20H14Br2O4/c1-11-3-5-14(6-4-11)18-10-15(20(24)26-18)7-13-8-16(21)19(17(22)9-13)25-12(2)23/h3-10H,1-2H3/b15-7-. The van der Waals surface area contributed by atoms with Crippen LogP contribution in [0, 0.1) is 6.92 Å². The summed E-state index contributed by atoms with van der Waals surface area (Å²) < 4.78 is 11.7. The molecule has 0 unspecified atom stereocenters. The Labute approximate surface area is 167 Å². The van der Waals surface area contributed by atoms with E-state index in [1.807, 2.05) is 31.2 Å². The third kappa shape index (κ3) is 4.14. The molecule has 0 N–H and O–H groups in total. The largest absolute Gasteiger partial charge is 0.424 e. The number of esters is 2. The first-order valence-electron chi connectivity index (χ1n) is 7.73. The first-order chi connectivity index (χ1) is 12.3. The zero-order valence-electron chi connectivity index (χ0n) is 14.0. The van der Waals surface area contributed by atoms with Gasteiger partial charge in [-0.1, -0.05) is 29.8 Å². The maximum absolute atomic E-state index is 12.2. The molecule has 6 heteroatoms. The number of hydrogen-bond acceptors (Lipinski definition) is 4. The van der Waals surface area contributed by atoms with Crippen LogP contribution in [0.2, 0.25) is 0 Å². The van der Waals surface area contributed by atoms with Crippen molar-refractivity contribution in [3.63, 3.8) is 0 Å². The van der Waals surface area contributed by atoms with Crippen LogP contribution in [-0.2, 0) is 14.3 Å². The highest BCUT2D eigenvalue weighted by atomic mass is 79.9. The zero-order valence-corrected chi connectivity index (χ0v) is 17.2. The Morgan fingerprint density at radius 3 is 2.31 bits per heavy atom. The molecule has 1 heterocycles. The summed E-state index contributed by atoms with van der Waals surface area (Å²) in [6.45, 7) is 3.33. The first kappa shape index (κ1) is 18.6. The van der Waals surface area contributed by atoms with Gasteiger partial charge in [-0.3, -0.25) is 4.79 Å². The fourth-order valence-electron chi connectivity index (χ4n) is 2.43. The molecule has 0 fully saturated rings. The predicted octanol–water partition coefficient (Wildman–Crippen LogP) is 5.43. The number of ether oxygens (including phenoxy) is 2. The molecule has 26 heavy (non-hydrogen) atoms. The average Bonchev–Trinajstić information content (AvgIpc) is 2.92. The number of benzene rings is 2. The van der Waals surface area contributed by atoms with Crippen molar-refractivity contribution >= 4 is 55.6 Å². The van der Waals surface area contributed by atoms with E-state index in [-0.39, 0.29) is 0 Å². The topological polar surface area (TPSA) is 52.6 Å². The molecule has 1 aliphatic heterocycles. The van der Waals surface area contributed by atoms with Crippen molar-refractivity contribution in [3.05, 3.63) is 73.7 Å². The van der Waals surface area contributed by atoms with E-state index in [0.29, 0.717) is 26.0 Å². The maximum atomic E-state index is 12.2. The maximum Gasteiger partial charge on any atom is 0.343 e. The number of carbonyl (C=O) groups excluding carboxylic acids is 2. The monoisotopic (exact) mass is 476 g/mol. The van der Waals surface area contributed by atoms with Crippen LogP contribution < -0.4 is 4.74 Å². The minimum absolute atomic E-state index is 0.393. The van der Waals surface area contributed by atoms with Gasteiger partial charge in [0.1, 0.15) is 5.76 Å². The molecule has 0 radical (unpaired) electrons. The smallest absolute Gasteiger partial charge is 0.343 e. The number of carbonyl (C=O) groups is 2. The van der Waals surface area contributed by atoms with Crippen LogP contribution in [0.4, 0.5) is 0 Å². The third-order valence-corrected chi connectivity index (χ3v) is 4.83. The predicted molar refractivity (Wildman–Crippen MR) is 106 cm³/mol. The molecule has 2 aromatic rings. The van der Waals surface area contributed by atoms with Gasteiger partial charge in [-0.15, -0.1) is 0 Å². The minimum Gasteiger partial charge on any atom is -0.424 e. The lowest BCUT2D eigenvalue weighted by Crippen LogP contribution is -2.03. The lowest BCUT2D eigenvalue weighted by atomic mass is 10.1. The number of cyclic esters (lactones) is 1. The highest BCUT2D eigenvalue weighted by Gasteiger charge is 2.22. The van der Waals surface area contributed by atoms with E-state index in [0.717, 1.165) is 16.7 Å². The van der Waals surface area contributed by atoms with Gasteiger partial charge in [0, 0.05) is 12.5 Å². The van der Waals surface area contributed by atoms with Gasteiger partial charge >= 0.3 is 11.9 Å². The molecule has 0 amide bonds. The van der Waals surface area contributed by atoms with Crippen molar-refractivity contribution in [2.75, 3.05) is 0 Å². The van der Waals surface area contributed by atoms with Gasteiger partial charge < -0.3 is 9.47 Å². The van der Waals surface area contributed by atoms with Crippen LogP contribution >= 0.6 is 31.9 Å². The first-order valence-corrected chi connectivity index (χ1v) is 9.32. The molecule has 2 aromatic carbocycles. The molecular formula is C20H14Br2O4. The van der Waals surface area contributed by atoms with E-state index in [9.17, 15) is 9.59 Å². The lowest BCUT2D eigenvalue weighted by Gasteiger charge is -2.08. The van der Waals surface area contributed by atoms with Crippen LogP contribution in [0.3, 0.4) is 0 Å². The van der Waals surface area contributed by atoms with Crippen LogP contribution in [0.15, 0.2) is 57.0 Å². The second kappa shape index (κ2) is 7.60. The quantitative estimate of drug-likeness (QED) is 0.336. The molecule has 0 aliphatic carbocycles. The summed E-state index contributed by atoms with van der Waals surface area (Å²) in [6, 6.07) is 11.3. The summed E-state index contributed by atoms with van der Waals surface area (Å²) in [4.78, 5) is 23.3. The van der Waals surface area contributed by atoms with Crippen LogP contribution in [0.1, 0.15) is 23.6 Å². The lowest BCUT2D eigenvalue weighted by molar-refractivity contribution is -0.132. The van der Waals surface area contributed by atoms with Gasteiger partial charge in [0.05, 0.1) is 14.5 Å². The molecule has 132 valence electrons. The molecule has 0 spiro atoms. The molecule has 4 nitrogen and oxygen atoms in total. The van der Waals surface area contributed by atoms with Crippen molar-refractivity contribution < 1.29 is 19.1 Å². The minimum atomic E-state index is -0.414. The Kier molecular flexibility index (Phi) is 5.44. The molecule has 1 aliphatic rings. The number of aryl methyl sites for hydroxylation is 1. The number of rotatable bonds is 3. The highest BCUT2D eigenvalue weighted by Crippen LogP contribution is 2.36. The van der Waals surface area contributed by atoms with E-state index < -0.39 is 11.9 Å². The SMILES string of the molecule is CC(=O)Oc1c(Br)cc(/C=C2/C=C(c3ccc(C)cc3)OC2=O)cc1Br. The van der Waals surface area contributed by atoms with Crippen LogP contribution in [0.5, 0.6) is 5.75 Å². The van der Waals surface area contributed by atoms with Crippen molar-refractivity contribution in [2.45, 2.75) is 13.8 Å². The molecule has 0 saturated heterocycles. The summed E-state index contributed by atoms with van der Waals surface area (Å²) in [5.41, 5.74) is 3.18. The summed E-state index contributed by atoms with van der Waals surface area (Å²) in [5, 5.41) is 0. The fourth-order valence-corrected chi connectivity index (χ4v) is 3.82. The van der Waals surface area contributed by atoms with Gasteiger partial charge in [0.2, 0.25) is 0 Å². The summed E-state index contributed by atoms with van der Waals surface area (Å²) >= 11 is 6.76. The Morgan fingerprint density at radius 1 is 1.12 bits per heavy atom. The zero-order chi connectivity index (χ0) is 18.8. The van der Waals surface area contributed by atoms with Crippen molar-refractivity contribution in [2.24, 2.45) is 0 Å². The van der Waals surface area contributed by atoms with Crippen molar-refractivity contribution in [1.29, 1.82) is 0 Å². The Hall–Kier alpha value is -2.18. The summed E-state index contributed by atoms with van der Waals surface area (Å²) in [6.07, 6.45) is 3.44. The summed E-state index contributed by atoms with van der Waals surface area (Å²) in [7, 11) is 0. The van der Waals surface area contributed by atoms with Crippen LogP contribution in [0.25, 0.3) is 11.8 Å². The molecule has 0 atom stereocenters. The van der Waals surface area contributed by atoms with Crippen LogP contribution in [-0.4, -0.2) is 11.9 Å². The van der Waals surface area contributed by atoms with Gasteiger partial charge in [-0.25, -0.2) is 4.79 Å².